The van der Waals surface area contributed by atoms with Gasteiger partial charge in [0.2, 0.25) is 0 Å². The first-order valence-electron chi connectivity index (χ1n) is 5.16. The Hall–Kier alpha value is -0.930. The largest absolute Gasteiger partial charge is 0.369 e. The number of aromatic nitrogens is 1. The zero-order valence-corrected chi connectivity index (χ0v) is 8.23. The fraction of sp³-hybridized carbons (Fsp3) is 0.545. The first kappa shape index (κ1) is 9.62. The Labute approximate surface area is 84.3 Å². The Morgan fingerprint density at radius 3 is 3.07 bits per heavy atom. The van der Waals surface area contributed by atoms with E-state index >= 15 is 0 Å². The van der Waals surface area contributed by atoms with Crippen LogP contribution in [0.25, 0.3) is 0 Å². The topological polar surface area (TPSA) is 48.1 Å². The van der Waals surface area contributed by atoms with Crippen LogP contribution in [0.5, 0.6) is 0 Å². The van der Waals surface area contributed by atoms with Crippen molar-refractivity contribution in [1.29, 1.82) is 0 Å². The molecule has 0 aliphatic carbocycles. The van der Waals surface area contributed by atoms with Crippen molar-refractivity contribution < 1.29 is 4.74 Å². The van der Waals surface area contributed by atoms with Gasteiger partial charge in [-0.3, -0.25) is 4.98 Å². The van der Waals surface area contributed by atoms with Crippen LogP contribution in [-0.4, -0.2) is 17.6 Å². The minimum Gasteiger partial charge on any atom is -0.369 e. The van der Waals surface area contributed by atoms with Crippen LogP contribution in [0.3, 0.4) is 0 Å². The summed E-state index contributed by atoms with van der Waals surface area (Å²) >= 11 is 0. The molecule has 2 unspecified atom stereocenters. The van der Waals surface area contributed by atoms with Gasteiger partial charge >= 0.3 is 0 Å². The summed E-state index contributed by atoms with van der Waals surface area (Å²) in [5, 5.41) is 0. The molecule has 3 nitrogen and oxygen atoms in total. The fourth-order valence-electron chi connectivity index (χ4n) is 1.89. The molecule has 76 valence electrons. The SMILES string of the molecule is NCCC1CCC(c2ccccn2)O1. The molecule has 1 fully saturated rings. The average Bonchev–Trinajstić information content (AvgIpc) is 2.68. The van der Waals surface area contributed by atoms with Gasteiger partial charge in [-0.2, -0.15) is 0 Å². The maximum Gasteiger partial charge on any atom is 0.0999 e. The van der Waals surface area contributed by atoms with Crippen molar-refractivity contribution in [1.82, 2.24) is 4.98 Å². The van der Waals surface area contributed by atoms with Crippen molar-refractivity contribution >= 4 is 0 Å². The summed E-state index contributed by atoms with van der Waals surface area (Å²) in [6.07, 6.45) is 5.48. The second-order valence-corrected chi connectivity index (χ2v) is 3.66. The molecule has 0 saturated carbocycles. The van der Waals surface area contributed by atoms with E-state index in [1.165, 1.54) is 0 Å². The Bertz CT molecular complexity index is 276. The van der Waals surface area contributed by atoms with E-state index in [1.54, 1.807) is 0 Å². The predicted molar refractivity (Wildman–Crippen MR) is 54.8 cm³/mol. The van der Waals surface area contributed by atoms with Crippen molar-refractivity contribution in [2.45, 2.75) is 31.5 Å². The molecule has 1 aliphatic heterocycles. The molecule has 2 atom stereocenters. The van der Waals surface area contributed by atoms with E-state index in [9.17, 15) is 0 Å². The zero-order valence-electron chi connectivity index (χ0n) is 8.23. The Morgan fingerprint density at radius 1 is 1.43 bits per heavy atom. The number of hydrogen-bond acceptors (Lipinski definition) is 3. The highest BCUT2D eigenvalue weighted by atomic mass is 16.5. The lowest BCUT2D eigenvalue weighted by atomic mass is 10.1. The van der Waals surface area contributed by atoms with Crippen LogP contribution in [0.15, 0.2) is 24.4 Å². The summed E-state index contributed by atoms with van der Waals surface area (Å²) in [4.78, 5) is 4.30. The first-order chi connectivity index (χ1) is 6.90. The Kier molecular flexibility index (Phi) is 3.11. The molecule has 0 amide bonds. The minimum absolute atomic E-state index is 0.188. The van der Waals surface area contributed by atoms with Gasteiger partial charge in [-0.25, -0.2) is 0 Å². The number of rotatable bonds is 3. The number of hydrogen-bond donors (Lipinski definition) is 1. The maximum atomic E-state index is 5.85. The van der Waals surface area contributed by atoms with Crippen molar-refractivity contribution in [3.63, 3.8) is 0 Å². The van der Waals surface area contributed by atoms with Gasteiger partial charge in [0.25, 0.3) is 0 Å². The Morgan fingerprint density at radius 2 is 2.36 bits per heavy atom. The monoisotopic (exact) mass is 192 g/mol. The second-order valence-electron chi connectivity index (χ2n) is 3.66. The predicted octanol–water partition coefficient (Wildman–Crippen LogP) is 1.65. The number of nitrogens with two attached hydrogens (primary N) is 1. The normalized spacial score (nSPS) is 26.6. The van der Waals surface area contributed by atoms with Gasteiger partial charge in [-0.05, 0) is 37.9 Å². The summed E-state index contributed by atoms with van der Waals surface area (Å²) in [6, 6.07) is 5.95. The van der Waals surface area contributed by atoms with Crippen LogP contribution < -0.4 is 5.73 Å². The maximum absolute atomic E-state index is 5.85. The highest BCUT2D eigenvalue weighted by molar-refractivity contribution is 5.08. The lowest BCUT2D eigenvalue weighted by Gasteiger charge is -2.12. The molecule has 3 heteroatoms. The lowest BCUT2D eigenvalue weighted by Crippen LogP contribution is -2.13. The molecular weight excluding hydrogens is 176 g/mol. The highest BCUT2D eigenvalue weighted by Crippen LogP contribution is 2.32. The Balaban J connectivity index is 1.96. The van der Waals surface area contributed by atoms with Gasteiger partial charge in [0.1, 0.15) is 0 Å². The van der Waals surface area contributed by atoms with Crippen LogP contribution in [-0.2, 0) is 4.74 Å². The van der Waals surface area contributed by atoms with Crippen LogP contribution in [0, 0.1) is 0 Å². The molecule has 2 heterocycles. The first-order valence-corrected chi connectivity index (χ1v) is 5.16. The van der Waals surface area contributed by atoms with Crippen LogP contribution in [0.2, 0.25) is 0 Å². The molecule has 1 aliphatic rings. The molecule has 14 heavy (non-hydrogen) atoms. The van der Waals surface area contributed by atoms with Crippen molar-refractivity contribution in [2.75, 3.05) is 6.54 Å². The second kappa shape index (κ2) is 4.53. The smallest absolute Gasteiger partial charge is 0.0999 e. The van der Waals surface area contributed by atoms with Crippen LogP contribution in [0.4, 0.5) is 0 Å². The number of nitrogens with zero attached hydrogens (tertiary/aromatic N) is 1. The molecule has 1 aromatic heterocycles. The van der Waals surface area contributed by atoms with E-state index in [-0.39, 0.29) is 6.10 Å². The summed E-state index contributed by atoms with van der Waals surface area (Å²) in [5.74, 6) is 0. The third-order valence-corrected chi connectivity index (χ3v) is 2.61. The van der Waals surface area contributed by atoms with E-state index in [2.05, 4.69) is 4.98 Å². The van der Waals surface area contributed by atoms with Crippen molar-refractivity contribution in [3.8, 4) is 0 Å². The molecule has 0 aromatic carbocycles. The van der Waals surface area contributed by atoms with Crippen LogP contribution >= 0.6 is 0 Å². The number of ether oxygens (including phenoxy) is 1. The van der Waals surface area contributed by atoms with Crippen molar-refractivity contribution in [3.05, 3.63) is 30.1 Å². The molecule has 0 bridgehead atoms. The van der Waals surface area contributed by atoms with E-state index in [4.69, 9.17) is 10.5 Å². The van der Waals surface area contributed by atoms with Gasteiger partial charge in [0, 0.05) is 6.20 Å². The third kappa shape index (κ3) is 2.11. The zero-order chi connectivity index (χ0) is 9.80. The van der Waals surface area contributed by atoms with Gasteiger partial charge < -0.3 is 10.5 Å². The van der Waals surface area contributed by atoms with Gasteiger partial charge in [0.05, 0.1) is 17.9 Å². The standard InChI is InChI=1S/C11H16N2O/c12-7-6-9-4-5-11(14-9)10-3-1-2-8-13-10/h1-3,8-9,11H,4-7,12H2. The summed E-state index contributed by atoms with van der Waals surface area (Å²) in [7, 11) is 0. The van der Waals surface area contributed by atoms with Crippen LogP contribution in [0.1, 0.15) is 31.1 Å². The molecule has 1 saturated heterocycles. The lowest BCUT2D eigenvalue weighted by molar-refractivity contribution is 0.0391. The molecule has 1 aromatic rings. The number of pyridine rings is 1. The summed E-state index contributed by atoms with van der Waals surface area (Å²) in [5.41, 5.74) is 6.55. The summed E-state index contributed by atoms with van der Waals surface area (Å²) < 4.78 is 5.85. The van der Waals surface area contributed by atoms with Gasteiger partial charge in [-0.1, -0.05) is 6.07 Å². The van der Waals surface area contributed by atoms with Gasteiger partial charge in [-0.15, -0.1) is 0 Å². The molecular formula is C11H16N2O. The summed E-state index contributed by atoms with van der Waals surface area (Å²) in [6.45, 7) is 0.708. The van der Waals surface area contributed by atoms with E-state index < -0.39 is 0 Å². The van der Waals surface area contributed by atoms with Gasteiger partial charge in [0.15, 0.2) is 0 Å². The fourth-order valence-corrected chi connectivity index (χ4v) is 1.89. The quantitative estimate of drug-likeness (QED) is 0.792. The highest BCUT2D eigenvalue weighted by Gasteiger charge is 2.26. The molecule has 0 radical (unpaired) electrons. The third-order valence-electron chi connectivity index (χ3n) is 2.61. The average molecular weight is 192 g/mol. The molecule has 0 spiro atoms. The minimum atomic E-state index is 0.188. The van der Waals surface area contributed by atoms with E-state index in [0.29, 0.717) is 12.6 Å². The van der Waals surface area contributed by atoms with Crippen molar-refractivity contribution in [2.24, 2.45) is 5.73 Å². The molecule has 2 rings (SSSR count). The van der Waals surface area contributed by atoms with E-state index in [1.807, 2.05) is 24.4 Å². The molecule has 2 N–H and O–H groups in total. The van der Waals surface area contributed by atoms with E-state index in [0.717, 1.165) is 25.0 Å².